The molecule has 1 aliphatic carbocycles. The minimum Gasteiger partial charge on any atom is -0.381 e. The third kappa shape index (κ3) is 5.22. The summed E-state index contributed by atoms with van der Waals surface area (Å²) in [5.41, 5.74) is 0.481. The predicted molar refractivity (Wildman–Crippen MR) is 89.7 cm³/mol. The van der Waals surface area contributed by atoms with Gasteiger partial charge in [-0.1, -0.05) is 33.6 Å². The van der Waals surface area contributed by atoms with E-state index in [-0.39, 0.29) is 0 Å². The Hall–Kier alpha value is -0.120. The lowest BCUT2D eigenvalue weighted by Gasteiger charge is -2.45. The summed E-state index contributed by atoms with van der Waals surface area (Å²) in [6.07, 6.45) is 8.03. The zero-order chi connectivity index (χ0) is 15.3. The highest BCUT2D eigenvalue weighted by molar-refractivity contribution is 4.91. The molecule has 0 aromatic rings. The van der Waals surface area contributed by atoms with Gasteiger partial charge in [-0.05, 0) is 44.1 Å². The molecule has 1 saturated heterocycles. The van der Waals surface area contributed by atoms with Crippen molar-refractivity contribution >= 4 is 0 Å². The van der Waals surface area contributed by atoms with Gasteiger partial charge < -0.3 is 15.0 Å². The van der Waals surface area contributed by atoms with Gasteiger partial charge in [0.05, 0.1) is 0 Å². The summed E-state index contributed by atoms with van der Waals surface area (Å²) < 4.78 is 5.52. The maximum atomic E-state index is 5.52. The summed E-state index contributed by atoms with van der Waals surface area (Å²) >= 11 is 0. The number of rotatable bonds is 6. The van der Waals surface area contributed by atoms with Crippen LogP contribution in [0.3, 0.4) is 0 Å². The maximum absolute atomic E-state index is 5.52. The third-order valence-corrected chi connectivity index (χ3v) is 5.47. The molecule has 3 heteroatoms. The number of nitrogens with one attached hydrogen (secondary N) is 1. The summed E-state index contributed by atoms with van der Waals surface area (Å²) in [6, 6.07) is 1.32. The van der Waals surface area contributed by atoms with Crippen molar-refractivity contribution in [3.05, 3.63) is 0 Å². The zero-order valence-corrected chi connectivity index (χ0v) is 14.7. The van der Waals surface area contributed by atoms with Crippen LogP contribution in [-0.2, 0) is 4.74 Å². The Morgan fingerprint density at radius 2 is 1.95 bits per heavy atom. The van der Waals surface area contributed by atoms with Gasteiger partial charge in [-0.3, -0.25) is 0 Å². The SMILES string of the molecule is CC1CCCC(CNC(C)C)(CN(C)C2CCOCC2)C1. The van der Waals surface area contributed by atoms with Gasteiger partial charge in [0.15, 0.2) is 0 Å². The van der Waals surface area contributed by atoms with E-state index < -0.39 is 0 Å². The normalized spacial score (nSPS) is 32.0. The second kappa shape index (κ2) is 7.94. The third-order valence-electron chi connectivity index (χ3n) is 5.47. The van der Waals surface area contributed by atoms with Crippen LogP contribution in [0.25, 0.3) is 0 Å². The fraction of sp³-hybridized carbons (Fsp3) is 1.00. The quantitative estimate of drug-likeness (QED) is 0.814. The Balaban J connectivity index is 1.96. The molecule has 2 atom stereocenters. The zero-order valence-electron chi connectivity index (χ0n) is 14.7. The first kappa shape index (κ1) is 17.2. The summed E-state index contributed by atoms with van der Waals surface area (Å²) in [5, 5.41) is 3.73. The minimum atomic E-state index is 0.481. The van der Waals surface area contributed by atoms with E-state index in [1.54, 1.807) is 0 Å². The molecule has 1 N–H and O–H groups in total. The van der Waals surface area contributed by atoms with Crippen LogP contribution in [0.2, 0.25) is 0 Å². The van der Waals surface area contributed by atoms with Crippen LogP contribution < -0.4 is 5.32 Å². The van der Waals surface area contributed by atoms with Crippen molar-refractivity contribution in [3.63, 3.8) is 0 Å². The van der Waals surface area contributed by atoms with E-state index in [2.05, 4.69) is 38.0 Å². The number of nitrogens with zero attached hydrogens (tertiary/aromatic N) is 1. The lowest BCUT2D eigenvalue weighted by atomic mass is 9.69. The topological polar surface area (TPSA) is 24.5 Å². The second-order valence-corrected chi connectivity index (χ2v) is 8.00. The van der Waals surface area contributed by atoms with Crippen molar-refractivity contribution in [2.24, 2.45) is 11.3 Å². The summed E-state index contributed by atoms with van der Waals surface area (Å²) in [5.74, 6) is 0.885. The number of hydrogen-bond acceptors (Lipinski definition) is 3. The van der Waals surface area contributed by atoms with Gasteiger partial charge in [-0.25, -0.2) is 0 Å². The highest BCUT2D eigenvalue weighted by Gasteiger charge is 2.37. The number of hydrogen-bond donors (Lipinski definition) is 1. The van der Waals surface area contributed by atoms with Gasteiger partial charge >= 0.3 is 0 Å². The molecule has 3 nitrogen and oxygen atoms in total. The molecule has 21 heavy (non-hydrogen) atoms. The van der Waals surface area contributed by atoms with Gasteiger partial charge in [-0.2, -0.15) is 0 Å². The molecule has 2 rings (SSSR count). The molecule has 2 fully saturated rings. The minimum absolute atomic E-state index is 0.481. The van der Waals surface area contributed by atoms with Crippen LogP contribution in [0.1, 0.15) is 59.3 Å². The molecule has 0 aromatic carbocycles. The largest absolute Gasteiger partial charge is 0.381 e. The fourth-order valence-corrected chi connectivity index (χ4v) is 4.33. The Morgan fingerprint density at radius 1 is 1.24 bits per heavy atom. The molecular weight excluding hydrogens is 260 g/mol. The van der Waals surface area contributed by atoms with E-state index in [4.69, 9.17) is 4.74 Å². The highest BCUT2D eigenvalue weighted by atomic mass is 16.5. The first-order valence-corrected chi connectivity index (χ1v) is 9.02. The monoisotopic (exact) mass is 296 g/mol. The first-order valence-electron chi connectivity index (χ1n) is 9.02. The second-order valence-electron chi connectivity index (χ2n) is 8.00. The molecule has 1 aliphatic heterocycles. The van der Waals surface area contributed by atoms with Crippen LogP contribution in [0, 0.1) is 11.3 Å². The molecule has 2 unspecified atom stereocenters. The summed E-state index contributed by atoms with van der Waals surface area (Å²) in [4.78, 5) is 2.64. The van der Waals surface area contributed by atoms with Crippen molar-refractivity contribution in [3.8, 4) is 0 Å². The molecule has 0 aromatic heterocycles. The van der Waals surface area contributed by atoms with Crippen LogP contribution in [0.5, 0.6) is 0 Å². The van der Waals surface area contributed by atoms with Crippen LogP contribution in [0.4, 0.5) is 0 Å². The van der Waals surface area contributed by atoms with Gasteiger partial charge in [0.2, 0.25) is 0 Å². The molecule has 0 amide bonds. The van der Waals surface area contributed by atoms with Crippen LogP contribution in [0.15, 0.2) is 0 Å². The number of ether oxygens (including phenoxy) is 1. The highest BCUT2D eigenvalue weighted by Crippen LogP contribution is 2.40. The standard InChI is InChI=1S/C18H36N2O/c1-15(2)19-13-18(9-5-6-16(3)12-18)14-20(4)17-7-10-21-11-8-17/h15-17,19H,5-14H2,1-4H3. The Bertz CT molecular complexity index is 302. The Labute approximate surface area is 131 Å². The average Bonchev–Trinajstić information content (AvgIpc) is 2.46. The summed E-state index contributed by atoms with van der Waals surface area (Å²) in [6.45, 7) is 11.3. The lowest BCUT2D eigenvalue weighted by molar-refractivity contribution is 0.0140. The molecular formula is C18H36N2O. The Kier molecular flexibility index (Phi) is 6.51. The Morgan fingerprint density at radius 3 is 2.57 bits per heavy atom. The van der Waals surface area contributed by atoms with E-state index in [0.29, 0.717) is 11.5 Å². The first-order chi connectivity index (χ1) is 10.0. The maximum Gasteiger partial charge on any atom is 0.0480 e. The molecule has 0 bridgehead atoms. The van der Waals surface area contributed by atoms with Crippen molar-refractivity contribution in [1.82, 2.24) is 10.2 Å². The van der Waals surface area contributed by atoms with Gasteiger partial charge in [0.1, 0.15) is 0 Å². The van der Waals surface area contributed by atoms with Crippen molar-refractivity contribution in [2.45, 2.75) is 71.4 Å². The average molecular weight is 296 g/mol. The molecule has 2 aliphatic rings. The molecule has 0 radical (unpaired) electrons. The van der Waals surface area contributed by atoms with E-state index in [0.717, 1.165) is 25.2 Å². The summed E-state index contributed by atoms with van der Waals surface area (Å²) in [7, 11) is 2.34. The van der Waals surface area contributed by atoms with Crippen molar-refractivity contribution < 1.29 is 4.74 Å². The van der Waals surface area contributed by atoms with Crippen LogP contribution >= 0.6 is 0 Å². The smallest absolute Gasteiger partial charge is 0.0480 e. The lowest BCUT2D eigenvalue weighted by Crippen LogP contribution is -2.50. The van der Waals surface area contributed by atoms with Gasteiger partial charge in [0.25, 0.3) is 0 Å². The molecule has 1 heterocycles. The fourth-order valence-electron chi connectivity index (χ4n) is 4.33. The van der Waals surface area contributed by atoms with E-state index in [1.807, 2.05) is 0 Å². The van der Waals surface area contributed by atoms with E-state index in [1.165, 1.54) is 51.6 Å². The predicted octanol–water partition coefficient (Wildman–Crippen LogP) is 3.29. The van der Waals surface area contributed by atoms with Gasteiger partial charge in [0, 0.05) is 38.4 Å². The molecule has 0 spiro atoms. The van der Waals surface area contributed by atoms with E-state index in [9.17, 15) is 0 Å². The molecule has 1 saturated carbocycles. The van der Waals surface area contributed by atoms with Crippen LogP contribution in [-0.4, -0.2) is 50.3 Å². The molecule has 124 valence electrons. The van der Waals surface area contributed by atoms with Crippen molar-refractivity contribution in [2.75, 3.05) is 33.4 Å². The van der Waals surface area contributed by atoms with E-state index >= 15 is 0 Å². The van der Waals surface area contributed by atoms with Gasteiger partial charge in [-0.15, -0.1) is 0 Å². The van der Waals surface area contributed by atoms with Crippen molar-refractivity contribution in [1.29, 1.82) is 0 Å².